The molecule has 0 bridgehead atoms. The van der Waals surface area contributed by atoms with Gasteiger partial charge in [-0.1, -0.05) is 0 Å². The molecule has 0 saturated carbocycles. The third kappa shape index (κ3) is 1.89. The van der Waals surface area contributed by atoms with Crippen molar-refractivity contribution in [2.75, 3.05) is 0 Å². The van der Waals surface area contributed by atoms with E-state index in [0.29, 0.717) is 0 Å². The van der Waals surface area contributed by atoms with E-state index in [0.717, 1.165) is 11.7 Å². The second-order valence-corrected chi connectivity index (χ2v) is 2.40. The highest BCUT2D eigenvalue weighted by Gasteiger charge is 2.03. The number of hydrogen-bond acceptors (Lipinski definition) is 0. The summed E-state index contributed by atoms with van der Waals surface area (Å²) in [5.41, 5.74) is 0. The van der Waals surface area contributed by atoms with Crippen molar-refractivity contribution >= 4 is 11.6 Å². The van der Waals surface area contributed by atoms with Crippen LogP contribution in [-0.4, -0.2) is 4.57 Å². The zero-order valence-electron chi connectivity index (χ0n) is 6.01. The molecule has 0 aromatic carbocycles. The topological polar surface area (TPSA) is 8.81 Å². The molecule has 0 N–H and O–H groups in total. The molecular weight excluding hydrogens is 171 g/mol. The quantitative estimate of drug-likeness (QED) is 0.443. The Morgan fingerprint density at radius 1 is 1.70 bits per heavy atom. The van der Waals surface area contributed by atoms with Gasteiger partial charge in [-0.25, -0.2) is 9.13 Å². The van der Waals surface area contributed by atoms with Crippen molar-refractivity contribution in [3.8, 4) is 0 Å². The molecule has 1 aromatic heterocycles. The van der Waals surface area contributed by atoms with E-state index in [4.69, 9.17) is 11.6 Å². The van der Waals surface area contributed by atoms with E-state index < -0.39 is 0 Å². The third-order valence-electron chi connectivity index (χ3n) is 1.30. The summed E-state index contributed by atoms with van der Waals surface area (Å²) in [6.45, 7) is 3.05. The zero-order valence-corrected chi connectivity index (χ0v) is 7.52. The van der Waals surface area contributed by atoms with Gasteiger partial charge in [0, 0.05) is 0 Å². The van der Waals surface area contributed by atoms with E-state index >= 15 is 0 Å². The maximum Gasteiger partial charge on any atom is 0.244 e. The summed E-state index contributed by atoms with van der Waals surface area (Å²) in [5.74, 6) is 0. The molecule has 4 heteroatoms. The molecule has 1 rings (SSSR count). The molecule has 0 spiro atoms. The Balaban J connectivity index is 0.000000810. The monoisotopic (exact) mass is 180 g/mol. The first-order valence-electron chi connectivity index (χ1n) is 2.95. The predicted molar refractivity (Wildman–Crippen MR) is 36.3 cm³/mol. The van der Waals surface area contributed by atoms with Crippen LogP contribution in [0.2, 0.25) is 5.15 Å². The van der Waals surface area contributed by atoms with Crippen LogP contribution in [0.1, 0.15) is 6.92 Å². The number of nitrogens with zero attached hydrogens (tertiary/aromatic N) is 2. The first-order valence-corrected chi connectivity index (χ1v) is 3.32. The van der Waals surface area contributed by atoms with Gasteiger partial charge >= 0.3 is 0 Å². The number of rotatable bonds is 1. The lowest BCUT2D eigenvalue weighted by atomic mass is 10.7. The van der Waals surface area contributed by atoms with Gasteiger partial charge in [-0.15, -0.1) is 0 Å². The molecule has 0 atom stereocenters. The summed E-state index contributed by atoms with van der Waals surface area (Å²) in [6, 6.07) is 0. The lowest BCUT2D eigenvalue weighted by Gasteiger charge is -1.80. The first-order chi connectivity index (χ1) is 4.24. The van der Waals surface area contributed by atoms with Gasteiger partial charge in [0.1, 0.15) is 6.20 Å². The van der Waals surface area contributed by atoms with Crippen molar-refractivity contribution in [2.24, 2.45) is 7.05 Å². The number of aryl methyl sites for hydroxylation is 2. The fourth-order valence-electron chi connectivity index (χ4n) is 0.712. The highest BCUT2D eigenvalue weighted by Crippen LogP contribution is 2.01. The Kier molecular flexibility index (Phi) is 3.76. The van der Waals surface area contributed by atoms with Crippen LogP contribution in [0, 0.1) is 0 Å². The van der Waals surface area contributed by atoms with Crippen molar-refractivity contribution in [1.29, 1.82) is 0 Å². The van der Waals surface area contributed by atoms with Gasteiger partial charge in [-0.2, -0.15) is 0 Å². The zero-order chi connectivity index (χ0) is 6.85. The number of aromatic nitrogens is 2. The number of halogens is 2. The average Bonchev–Trinajstić information content (AvgIpc) is 2.13. The van der Waals surface area contributed by atoms with Crippen molar-refractivity contribution in [3.63, 3.8) is 0 Å². The Labute approximate surface area is 71.8 Å². The molecule has 10 heavy (non-hydrogen) atoms. The van der Waals surface area contributed by atoms with Crippen LogP contribution < -0.4 is 17.0 Å². The molecule has 1 aromatic rings. The molecule has 0 amide bonds. The van der Waals surface area contributed by atoms with Gasteiger partial charge in [0.05, 0.1) is 13.6 Å². The largest absolute Gasteiger partial charge is 1.00 e. The summed E-state index contributed by atoms with van der Waals surface area (Å²) in [4.78, 5) is 0. The van der Waals surface area contributed by atoms with Crippen LogP contribution in [0.25, 0.3) is 0 Å². The minimum Gasteiger partial charge on any atom is -1.00 e. The normalized spacial score (nSPS) is 9.10. The molecule has 0 aliphatic carbocycles. The van der Waals surface area contributed by atoms with Gasteiger partial charge < -0.3 is 12.4 Å². The third-order valence-corrected chi connectivity index (χ3v) is 1.66. The molecule has 2 nitrogen and oxygen atoms in total. The van der Waals surface area contributed by atoms with E-state index in [1.54, 1.807) is 0 Å². The SMILES string of the molecule is CC[n+]1cc(Cl)n(C)c1.[Cl-]. The van der Waals surface area contributed by atoms with Gasteiger partial charge in [0.25, 0.3) is 0 Å². The van der Waals surface area contributed by atoms with Crippen LogP contribution in [-0.2, 0) is 13.6 Å². The van der Waals surface area contributed by atoms with Crippen molar-refractivity contribution in [2.45, 2.75) is 13.5 Å². The van der Waals surface area contributed by atoms with Crippen LogP contribution in [0.4, 0.5) is 0 Å². The summed E-state index contributed by atoms with van der Waals surface area (Å²) in [7, 11) is 1.93. The Bertz CT molecular complexity index is 188. The molecule has 58 valence electrons. The van der Waals surface area contributed by atoms with E-state index in [-0.39, 0.29) is 12.4 Å². The minimum absolute atomic E-state index is 0. The van der Waals surface area contributed by atoms with Crippen molar-refractivity contribution < 1.29 is 17.0 Å². The molecule has 0 aliphatic heterocycles. The standard InChI is InChI=1S/C6H10ClN2.ClH/c1-3-9-4-6(7)8(2)5-9;/h4-5H,3H2,1-2H3;1H/q+1;/p-1. The molecular formula is C6H10Cl2N2. The Morgan fingerprint density at radius 2 is 2.30 bits per heavy atom. The van der Waals surface area contributed by atoms with Crippen LogP contribution >= 0.6 is 11.6 Å². The summed E-state index contributed by atoms with van der Waals surface area (Å²) >= 11 is 5.75. The maximum atomic E-state index is 5.75. The molecule has 0 aliphatic rings. The fourth-order valence-corrected chi connectivity index (χ4v) is 0.881. The average molecular weight is 181 g/mol. The summed E-state index contributed by atoms with van der Waals surface area (Å²) in [5, 5.41) is 0.775. The van der Waals surface area contributed by atoms with Gasteiger partial charge in [0.15, 0.2) is 0 Å². The predicted octanol–water partition coefficient (Wildman–Crippen LogP) is -2.01. The smallest absolute Gasteiger partial charge is 0.244 e. The van der Waals surface area contributed by atoms with E-state index in [9.17, 15) is 0 Å². The minimum atomic E-state index is 0. The Morgan fingerprint density at radius 3 is 2.50 bits per heavy atom. The van der Waals surface area contributed by atoms with Gasteiger partial charge in [0.2, 0.25) is 11.5 Å². The van der Waals surface area contributed by atoms with Crippen molar-refractivity contribution in [3.05, 3.63) is 17.7 Å². The number of imidazole rings is 1. The second kappa shape index (κ2) is 3.84. The molecule has 0 unspecified atom stereocenters. The fraction of sp³-hybridized carbons (Fsp3) is 0.500. The molecule has 0 fully saturated rings. The molecule has 0 saturated heterocycles. The van der Waals surface area contributed by atoms with Gasteiger partial charge in [-0.3, -0.25) is 0 Å². The van der Waals surface area contributed by atoms with Crippen LogP contribution in [0.15, 0.2) is 12.5 Å². The van der Waals surface area contributed by atoms with Gasteiger partial charge in [-0.05, 0) is 18.5 Å². The molecule has 0 radical (unpaired) electrons. The first kappa shape index (κ1) is 9.79. The lowest BCUT2D eigenvalue weighted by molar-refractivity contribution is -0.693. The number of hydrogen-bond donors (Lipinski definition) is 0. The van der Waals surface area contributed by atoms with E-state index in [1.807, 2.05) is 28.7 Å². The summed E-state index contributed by atoms with van der Waals surface area (Å²) < 4.78 is 3.91. The van der Waals surface area contributed by atoms with Crippen LogP contribution in [0.3, 0.4) is 0 Å². The Hall–Kier alpha value is -0.210. The van der Waals surface area contributed by atoms with Crippen LogP contribution in [0.5, 0.6) is 0 Å². The highest BCUT2D eigenvalue weighted by molar-refractivity contribution is 6.29. The maximum absolute atomic E-state index is 5.75. The lowest BCUT2D eigenvalue weighted by Crippen LogP contribution is -3.00. The molecule has 1 heterocycles. The van der Waals surface area contributed by atoms with E-state index in [1.165, 1.54) is 0 Å². The summed E-state index contributed by atoms with van der Waals surface area (Å²) in [6.07, 6.45) is 3.86. The van der Waals surface area contributed by atoms with Crippen molar-refractivity contribution in [1.82, 2.24) is 4.57 Å². The second-order valence-electron chi connectivity index (χ2n) is 2.01. The highest BCUT2D eigenvalue weighted by atomic mass is 35.5. The van der Waals surface area contributed by atoms with E-state index in [2.05, 4.69) is 6.92 Å².